The summed E-state index contributed by atoms with van der Waals surface area (Å²) in [7, 11) is 0. The molecule has 0 saturated carbocycles. The summed E-state index contributed by atoms with van der Waals surface area (Å²) in [5.41, 5.74) is 3.06. The van der Waals surface area contributed by atoms with E-state index in [1.165, 1.54) is 18.0 Å². The number of nitrogens with one attached hydrogen (secondary N) is 2. The number of aromatic nitrogens is 1. The molecule has 2 amide bonds. The Kier molecular flexibility index (Phi) is 10.4. The quantitative estimate of drug-likeness (QED) is 0.145. The van der Waals surface area contributed by atoms with Gasteiger partial charge in [-0.15, -0.1) is 0 Å². The molecule has 0 unspecified atom stereocenters. The van der Waals surface area contributed by atoms with Crippen molar-refractivity contribution in [3.05, 3.63) is 94.8 Å². The van der Waals surface area contributed by atoms with Crippen LogP contribution in [0, 0.1) is 11.1 Å². The van der Waals surface area contributed by atoms with Crippen LogP contribution in [-0.4, -0.2) is 42.1 Å². The molecule has 1 aliphatic rings. The molecule has 2 aromatic carbocycles. The summed E-state index contributed by atoms with van der Waals surface area (Å²) in [6, 6.07) is 19.5. The fraction of sp³-hybridized carbons (Fsp3) is 0.345. The standard InChI is InChI=1S/C29H33N3O7S/c1-3-37-26(34)16-30-29(35)31-23-13-11-22(12-14-23)28-38-24(18-40-25-6-4-5-15-32(25)36)19(2)27(39-28)21-9-7-20(17-33)8-10-21/h4-15,19,24,27-28,33H,3,16-18H2,1-2H3,(H2,30,31,35)/t19-,24+,27+,28+/m0/s1. The lowest BCUT2D eigenvalue weighted by molar-refractivity contribution is -0.645. The molecule has 3 aromatic rings. The molecule has 0 bridgehead atoms. The van der Waals surface area contributed by atoms with Gasteiger partial charge in [-0.1, -0.05) is 55.1 Å². The molecule has 3 N–H and O–H groups in total. The van der Waals surface area contributed by atoms with Crippen molar-refractivity contribution in [1.29, 1.82) is 0 Å². The number of benzene rings is 2. The van der Waals surface area contributed by atoms with Crippen molar-refractivity contribution >= 4 is 29.4 Å². The van der Waals surface area contributed by atoms with E-state index in [-0.39, 0.29) is 37.9 Å². The Morgan fingerprint density at radius 3 is 2.45 bits per heavy atom. The number of thioether (sulfide) groups is 1. The molecule has 4 atom stereocenters. The predicted octanol–water partition coefficient (Wildman–Crippen LogP) is 4.08. The predicted molar refractivity (Wildman–Crippen MR) is 149 cm³/mol. The number of hydrogen-bond acceptors (Lipinski definition) is 8. The number of carbonyl (C=O) groups excluding carboxylic acids is 2. The SMILES string of the molecule is CCOC(=O)CNC(=O)Nc1ccc([C@@H]2O[C@H](CSc3cccc[n+]3[O-])[C@H](C)[C@H](c3ccc(CO)cc3)O2)cc1. The smallest absolute Gasteiger partial charge is 0.325 e. The van der Waals surface area contributed by atoms with E-state index in [2.05, 4.69) is 17.6 Å². The van der Waals surface area contributed by atoms with Crippen molar-refractivity contribution in [2.45, 2.75) is 44.0 Å². The fourth-order valence-corrected chi connectivity index (χ4v) is 5.35. The van der Waals surface area contributed by atoms with Crippen LogP contribution in [0.5, 0.6) is 0 Å². The monoisotopic (exact) mass is 567 g/mol. The summed E-state index contributed by atoms with van der Waals surface area (Å²) in [5, 5.41) is 27.3. The molecule has 1 aromatic heterocycles. The van der Waals surface area contributed by atoms with Gasteiger partial charge in [0.05, 0.1) is 25.4 Å². The van der Waals surface area contributed by atoms with Crippen molar-refractivity contribution in [2.75, 3.05) is 24.2 Å². The lowest BCUT2D eigenvalue weighted by atomic mass is 9.91. The average Bonchev–Trinajstić information content (AvgIpc) is 2.97. The molecule has 1 aliphatic heterocycles. The number of esters is 1. The maximum Gasteiger partial charge on any atom is 0.325 e. The lowest BCUT2D eigenvalue weighted by Crippen LogP contribution is -2.39. The molecular weight excluding hydrogens is 534 g/mol. The summed E-state index contributed by atoms with van der Waals surface area (Å²) in [4.78, 5) is 23.6. The van der Waals surface area contributed by atoms with Crippen molar-refractivity contribution < 1.29 is 33.6 Å². The largest absolute Gasteiger partial charge is 0.618 e. The molecular formula is C29H33N3O7S. The maximum absolute atomic E-state index is 12.2. The van der Waals surface area contributed by atoms with Gasteiger partial charge in [-0.25, -0.2) is 4.79 Å². The average molecular weight is 568 g/mol. The van der Waals surface area contributed by atoms with Gasteiger partial charge in [0.25, 0.3) is 5.03 Å². The number of aliphatic hydroxyl groups is 1. The van der Waals surface area contributed by atoms with E-state index >= 15 is 0 Å². The van der Waals surface area contributed by atoms with Gasteiger partial charge in [-0.05, 0) is 36.2 Å². The summed E-state index contributed by atoms with van der Waals surface area (Å²) < 4.78 is 18.5. The van der Waals surface area contributed by atoms with Crippen LogP contribution in [-0.2, 0) is 25.6 Å². The third kappa shape index (κ3) is 7.72. The van der Waals surface area contributed by atoms with E-state index in [9.17, 15) is 19.9 Å². The first-order valence-electron chi connectivity index (χ1n) is 13.0. The highest BCUT2D eigenvalue weighted by Crippen LogP contribution is 2.43. The molecule has 0 spiro atoms. The number of ether oxygens (including phenoxy) is 3. The summed E-state index contributed by atoms with van der Waals surface area (Å²) in [6.45, 7) is 3.73. The van der Waals surface area contributed by atoms with E-state index < -0.39 is 18.3 Å². The van der Waals surface area contributed by atoms with Crippen molar-refractivity contribution in [3.63, 3.8) is 0 Å². The molecule has 1 saturated heterocycles. The third-order valence-electron chi connectivity index (χ3n) is 6.45. The van der Waals surface area contributed by atoms with Crippen LogP contribution in [0.25, 0.3) is 0 Å². The highest BCUT2D eigenvalue weighted by Gasteiger charge is 2.38. The van der Waals surface area contributed by atoms with E-state index in [4.69, 9.17) is 14.2 Å². The second kappa shape index (κ2) is 14.1. The zero-order valence-corrected chi connectivity index (χ0v) is 23.1. The number of hydrogen-bond donors (Lipinski definition) is 3. The maximum atomic E-state index is 12.2. The Morgan fingerprint density at radius 2 is 1.77 bits per heavy atom. The van der Waals surface area contributed by atoms with Crippen molar-refractivity contribution in [1.82, 2.24) is 5.32 Å². The first kappa shape index (κ1) is 29.3. The Bertz CT molecular complexity index is 1270. The van der Waals surface area contributed by atoms with Crippen LogP contribution >= 0.6 is 11.8 Å². The number of carbonyl (C=O) groups is 2. The minimum atomic E-state index is -0.689. The van der Waals surface area contributed by atoms with E-state index in [0.29, 0.717) is 16.5 Å². The summed E-state index contributed by atoms with van der Waals surface area (Å²) in [5.74, 6) is -0.00491. The minimum Gasteiger partial charge on any atom is -0.618 e. The molecule has 40 heavy (non-hydrogen) atoms. The van der Waals surface area contributed by atoms with Gasteiger partial charge in [0.15, 0.2) is 12.5 Å². The van der Waals surface area contributed by atoms with Crippen LogP contribution in [0.3, 0.4) is 0 Å². The number of amides is 2. The molecule has 4 rings (SSSR count). The molecule has 2 heterocycles. The molecule has 212 valence electrons. The van der Waals surface area contributed by atoms with E-state index in [1.54, 1.807) is 43.3 Å². The zero-order chi connectivity index (χ0) is 28.5. The van der Waals surface area contributed by atoms with Crippen molar-refractivity contribution in [2.24, 2.45) is 5.92 Å². The van der Waals surface area contributed by atoms with Gasteiger partial charge in [-0.2, -0.15) is 4.73 Å². The highest BCUT2D eigenvalue weighted by atomic mass is 32.2. The van der Waals surface area contributed by atoms with Crippen LogP contribution in [0.4, 0.5) is 10.5 Å². The topological polar surface area (TPSA) is 133 Å². The Labute approximate surface area is 237 Å². The Hall–Kier alpha value is -3.64. The third-order valence-corrected chi connectivity index (χ3v) is 7.55. The van der Waals surface area contributed by atoms with Crippen LogP contribution in [0.2, 0.25) is 0 Å². The molecule has 0 radical (unpaired) electrons. The van der Waals surface area contributed by atoms with E-state index in [1.807, 2.05) is 30.3 Å². The van der Waals surface area contributed by atoms with Crippen LogP contribution < -0.4 is 15.4 Å². The van der Waals surface area contributed by atoms with Gasteiger partial charge in [0, 0.05) is 35.1 Å². The number of aliphatic hydroxyl groups excluding tert-OH is 1. The molecule has 10 nitrogen and oxygen atoms in total. The van der Waals surface area contributed by atoms with Crippen LogP contribution in [0.1, 0.15) is 42.9 Å². The first-order valence-corrected chi connectivity index (χ1v) is 14.0. The molecule has 0 aliphatic carbocycles. The zero-order valence-electron chi connectivity index (χ0n) is 22.3. The van der Waals surface area contributed by atoms with Gasteiger partial charge in [0.1, 0.15) is 6.54 Å². The van der Waals surface area contributed by atoms with Gasteiger partial charge < -0.3 is 35.2 Å². The Balaban J connectivity index is 1.48. The van der Waals surface area contributed by atoms with Crippen molar-refractivity contribution in [3.8, 4) is 0 Å². The van der Waals surface area contributed by atoms with Crippen LogP contribution in [0.15, 0.2) is 78.0 Å². The number of urea groups is 1. The normalized spacial score (nSPS) is 20.5. The Morgan fingerprint density at radius 1 is 1.05 bits per heavy atom. The number of pyridine rings is 1. The lowest BCUT2D eigenvalue weighted by Gasteiger charge is -2.41. The van der Waals surface area contributed by atoms with E-state index in [0.717, 1.165) is 21.4 Å². The number of anilines is 1. The van der Waals surface area contributed by atoms with Gasteiger partial charge >= 0.3 is 12.0 Å². The first-order chi connectivity index (χ1) is 19.4. The summed E-state index contributed by atoms with van der Waals surface area (Å²) >= 11 is 1.43. The highest BCUT2D eigenvalue weighted by molar-refractivity contribution is 7.99. The second-order valence-electron chi connectivity index (χ2n) is 9.23. The fourth-order valence-electron chi connectivity index (χ4n) is 4.27. The van der Waals surface area contributed by atoms with Gasteiger partial charge in [0.2, 0.25) is 0 Å². The molecule has 11 heteroatoms. The second-order valence-corrected chi connectivity index (χ2v) is 10.3. The number of rotatable bonds is 10. The van der Waals surface area contributed by atoms with Gasteiger partial charge in [-0.3, -0.25) is 4.79 Å². The number of nitrogens with zero attached hydrogens (tertiary/aromatic N) is 1. The summed E-state index contributed by atoms with van der Waals surface area (Å²) in [6.07, 6.45) is 0.250. The molecule has 1 fully saturated rings. The minimum absolute atomic E-state index is 0.0309.